The summed E-state index contributed by atoms with van der Waals surface area (Å²) in [6.45, 7) is 3.85. The first-order chi connectivity index (χ1) is 6.36. The van der Waals surface area contributed by atoms with E-state index in [2.05, 4.69) is 10.6 Å². The highest BCUT2D eigenvalue weighted by Gasteiger charge is 2.28. The summed E-state index contributed by atoms with van der Waals surface area (Å²) in [4.78, 5) is 0. The second kappa shape index (κ2) is 4.38. The Morgan fingerprint density at radius 2 is 1.69 bits per heavy atom. The Morgan fingerprint density at radius 3 is 2.38 bits per heavy atom. The van der Waals surface area contributed by atoms with E-state index in [0.717, 1.165) is 32.0 Å². The van der Waals surface area contributed by atoms with Gasteiger partial charge < -0.3 is 10.6 Å². The third-order valence-corrected chi connectivity index (χ3v) is 3.38. The van der Waals surface area contributed by atoms with Gasteiger partial charge in [0.15, 0.2) is 0 Å². The molecule has 13 heavy (non-hydrogen) atoms. The zero-order chi connectivity index (χ0) is 9.10. The molecule has 0 bridgehead atoms. The molecule has 3 heteroatoms. The van der Waals surface area contributed by atoms with Crippen LogP contribution in [-0.2, 0) is 0 Å². The van der Waals surface area contributed by atoms with Gasteiger partial charge in [0, 0.05) is 6.54 Å². The molecule has 2 fully saturated rings. The largest absolute Gasteiger partial charge is 0.317 e. The van der Waals surface area contributed by atoms with E-state index in [0.29, 0.717) is 12.5 Å². The van der Waals surface area contributed by atoms with Crippen LogP contribution in [0, 0.1) is 11.8 Å². The number of piperidine rings is 2. The van der Waals surface area contributed by atoms with Crippen molar-refractivity contribution in [1.29, 1.82) is 0 Å². The number of alkyl halides is 1. The molecule has 0 radical (unpaired) electrons. The van der Waals surface area contributed by atoms with E-state index in [9.17, 15) is 4.39 Å². The van der Waals surface area contributed by atoms with Crippen molar-refractivity contribution in [2.24, 2.45) is 11.8 Å². The van der Waals surface area contributed by atoms with Crippen LogP contribution in [0.5, 0.6) is 0 Å². The van der Waals surface area contributed by atoms with Gasteiger partial charge >= 0.3 is 0 Å². The van der Waals surface area contributed by atoms with Crippen LogP contribution in [0.3, 0.4) is 0 Å². The van der Waals surface area contributed by atoms with Gasteiger partial charge in [0.25, 0.3) is 0 Å². The second-order valence-corrected chi connectivity index (χ2v) is 4.34. The highest BCUT2D eigenvalue weighted by Crippen LogP contribution is 2.27. The molecule has 2 aliphatic heterocycles. The monoisotopic (exact) mass is 186 g/mol. The van der Waals surface area contributed by atoms with Crippen LogP contribution < -0.4 is 10.6 Å². The normalized spacial score (nSPS) is 37.6. The maximum atomic E-state index is 13.1. The minimum absolute atomic E-state index is 0.571. The molecule has 2 nitrogen and oxygen atoms in total. The smallest absolute Gasteiger partial charge is 0.113 e. The molecule has 2 saturated heterocycles. The molecule has 76 valence electrons. The Labute approximate surface area is 79.3 Å². The van der Waals surface area contributed by atoms with E-state index in [-0.39, 0.29) is 0 Å². The lowest BCUT2D eigenvalue weighted by Crippen LogP contribution is -2.43. The zero-order valence-corrected chi connectivity index (χ0v) is 8.06. The molecule has 0 saturated carbocycles. The molecule has 2 unspecified atom stereocenters. The van der Waals surface area contributed by atoms with Crippen molar-refractivity contribution in [3.63, 3.8) is 0 Å². The van der Waals surface area contributed by atoms with Crippen molar-refractivity contribution >= 4 is 0 Å². The van der Waals surface area contributed by atoms with Gasteiger partial charge in [-0.15, -0.1) is 0 Å². The molecule has 2 atom stereocenters. The summed E-state index contributed by atoms with van der Waals surface area (Å²) in [5.41, 5.74) is 0. The van der Waals surface area contributed by atoms with E-state index in [1.807, 2.05) is 0 Å². The predicted octanol–water partition coefficient (Wildman–Crippen LogP) is 0.934. The summed E-state index contributed by atoms with van der Waals surface area (Å²) < 4.78 is 13.1. The molecule has 0 aromatic carbocycles. The van der Waals surface area contributed by atoms with Gasteiger partial charge in [0.2, 0.25) is 0 Å². The number of rotatable bonds is 1. The number of nitrogens with one attached hydrogen (secondary N) is 2. The minimum atomic E-state index is -0.603. The van der Waals surface area contributed by atoms with Crippen LogP contribution in [0.25, 0.3) is 0 Å². The molecule has 2 rings (SSSR count). The summed E-state index contributed by atoms with van der Waals surface area (Å²) in [7, 11) is 0. The van der Waals surface area contributed by atoms with Gasteiger partial charge in [0.1, 0.15) is 6.17 Å². The number of hydrogen-bond donors (Lipinski definition) is 2. The highest BCUT2D eigenvalue weighted by molar-refractivity contribution is 4.83. The van der Waals surface area contributed by atoms with Crippen molar-refractivity contribution in [2.75, 3.05) is 26.2 Å². The lowest BCUT2D eigenvalue weighted by molar-refractivity contribution is 0.149. The van der Waals surface area contributed by atoms with E-state index >= 15 is 0 Å². The third-order valence-electron chi connectivity index (χ3n) is 3.38. The summed E-state index contributed by atoms with van der Waals surface area (Å²) in [5.74, 6) is 1.35. The summed E-state index contributed by atoms with van der Waals surface area (Å²) in [6, 6.07) is 0. The Kier molecular flexibility index (Phi) is 3.17. The van der Waals surface area contributed by atoms with Crippen molar-refractivity contribution < 1.29 is 4.39 Å². The molecule has 2 N–H and O–H groups in total. The standard InChI is InChI=1S/C10H19FN2/c11-10-5-9(6-13-7-10)8-1-3-12-4-2-8/h8-10,12-13H,1-7H2. The van der Waals surface area contributed by atoms with Crippen LogP contribution in [0.15, 0.2) is 0 Å². The van der Waals surface area contributed by atoms with Crippen molar-refractivity contribution in [1.82, 2.24) is 10.6 Å². The lowest BCUT2D eigenvalue weighted by atomic mass is 9.80. The van der Waals surface area contributed by atoms with Crippen LogP contribution in [0.4, 0.5) is 4.39 Å². The van der Waals surface area contributed by atoms with Crippen molar-refractivity contribution in [3.05, 3.63) is 0 Å². The Bertz CT molecular complexity index is 157. The third kappa shape index (κ3) is 2.41. The van der Waals surface area contributed by atoms with E-state index < -0.39 is 6.17 Å². The van der Waals surface area contributed by atoms with Crippen LogP contribution in [0.1, 0.15) is 19.3 Å². The fourth-order valence-corrected chi connectivity index (χ4v) is 2.60. The van der Waals surface area contributed by atoms with E-state index in [1.165, 1.54) is 12.8 Å². The number of hydrogen-bond acceptors (Lipinski definition) is 2. The summed E-state index contributed by atoms with van der Waals surface area (Å²) in [6.07, 6.45) is 2.66. The first kappa shape index (κ1) is 9.41. The fourth-order valence-electron chi connectivity index (χ4n) is 2.60. The Balaban J connectivity index is 1.83. The van der Waals surface area contributed by atoms with Gasteiger partial charge in [0.05, 0.1) is 0 Å². The van der Waals surface area contributed by atoms with Crippen LogP contribution in [-0.4, -0.2) is 32.4 Å². The maximum Gasteiger partial charge on any atom is 0.113 e. The average Bonchev–Trinajstić information content (AvgIpc) is 2.19. The van der Waals surface area contributed by atoms with E-state index in [1.54, 1.807) is 0 Å². The highest BCUT2D eigenvalue weighted by atomic mass is 19.1. The lowest BCUT2D eigenvalue weighted by Gasteiger charge is -2.34. The molecular formula is C10H19FN2. The molecule has 0 spiro atoms. The first-order valence-electron chi connectivity index (χ1n) is 5.42. The Hall–Kier alpha value is -0.150. The van der Waals surface area contributed by atoms with Gasteiger partial charge in [-0.25, -0.2) is 4.39 Å². The van der Waals surface area contributed by atoms with Gasteiger partial charge in [-0.2, -0.15) is 0 Å². The topological polar surface area (TPSA) is 24.1 Å². The van der Waals surface area contributed by atoms with Gasteiger partial charge in [-0.1, -0.05) is 0 Å². The summed E-state index contributed by atoms with van der Waals surface area (Å²) in [5, 5.41) is 6.54. The fraction of sp³-hybridized carbons (Fsp3) is 1.00. The van der Waals surface area contributed by atoms with Crippen LogP contribution >= 0.6 is 0 Å². The first-order valence-corrected chi connectivity index (χ1v) is 5.42. The molecule has 0 aliphatic carbocycles. The van der Waals surface area contributed by atoms with Gasteiger partial charge in [-0.05, 0) is 50.7 Å². The SMILES string of the molecule is FC1CNCC(C2CCNCC2)C1. The molecule has 0 aromatic rings. The Morgan fingerprint density at radius 1 is 0.923 bits per heavy atom. The molecule has 0 aromatic heterocycles. The quantitative estimate of drug-likeness (QED) is 0.636. The molecular weight excluding hydrogens is 167 g/mol. The zero-order valence-electron chi connectivity index (χ0n) is 8.06. The predicted molar refractivity (Wildman–Crippen MR) is 51.5 cm³/mol. The van der Waals surface area contributed by atoms with Gasteiger partial charge in [-0.3, -0.25) is 0 Å². The molecule has 0 amide bonds. The number of halogens is 1. The molecule has 2 heterocycles. The second-order valence-electron chi connectivity index (χ2n) is 4.34. The average molecular weight is 186 g/mol. The van der Waals surface area contributed by atoms with Crippen LogP contribution in [0.2, 0.25) is 0 Å². The maximum absolute atomic E-state index is 13.1. The summed E-state index contributed by atoms with van der Waals surface area (Å²) >= 11 is 0. The van der Waals surface area contributed by atoms with Crippen molar-refractivity contribution in [2.45, 2.75) is 25.4 Å². The van der Waals surface area contributed by atoms with E-state index in [4.69, 9.17) is 0 Å². The van der Waals surface area contributed by atoms with Crippen molar-refractivity contribution in [3.8, 4) is 0 Å². The molecule has 2 aliphatic rings. The minimum Gasteiger partial charge on any atom is -0.317 e.